The van der Waals surface area contributed by atoms with Crippen molar-refractivity contribution >= 4 is 0 Å². The summed E-state index contributed by atoms with van der Waals surface area (Å²) >= 11 is 0. The molecule has 1 saturated carbocycles. The van der Waals surface area contributed by atoms with Gasteiger partial charge in [0.05, 0.1) is 6.33 Å². The third kappa shape index (κ3) is 3.24. The number of aryl methyl sites for hydroxylation is 1. The summed E-state index contributed by atoms with van der Waals surface area (Å²) in [5, 5.41) is 3.71. The van der Waals surface area contributed by atoms with Gasteiger partial charge in [-0.3, -0.25) is 0 Å². The lowest BCUT2D eigenvalue weighted by atomic mass is 10.0. The van der Waals surface area contributed by atoms with Crippen molar-refractivity contribution < 1.29 is 0 Å². The van der Waals surface area contributed by atoms with Crippen molar-refractivity contribution in [1.82, 2.24) is 15.3 Å². The fourth-order valence-electron chi connectivity index (χ4n) is 2.54. The standard InChI is InChI=1S/C16H21N3/c1-12-2-4-13(5-3-12)16(14-6-7-14)18-9-8-15-10-17-11-19-15/h2-5,10-11,14,16,18H,6-9H2,1H3,(H,17,19). The van der Waals surface area contributed by atoms with Gasteiger partial charge in [0.25, 0.3) is 0 Å². The normalized spacial score (nSPS) is 16.5. The summed E-state index contributed by atoms with van der Waals surface area (Å²) in [6.45, 7) is 3.14. The Morgan fingerprint density at radius 3 is 2.74 bits per heavy atom. The molecule has 0 amide bonds. The molecule has 2 aromatic rings. The summed E-state index contributed by atoms with van der Waals surface area (Å²) in [7, 11) is 0. The van der Waals surface area contributed by atoms with Gasteiger partial charge in [0.1, 0.15) is 0 Å². The van der Waals surface area contributed by atoms with Crippen molar-refractivity contribution in [3.05, 3.63) is 53.6 Å². The largest absolute Gasteiger partial charge is 0.348 e. The molecule has 3 nitrogen and oxygen atoms in total. The molecular formula is C16H21N3. The minimum Gasteiger partial charge on any atom is -0.348 e. The van der Waals surface area contributed by atoms with Crippen LogP contribution in [0.15, 0.2) is 36.8 Å². The van der Waals surface area contributed by atoms with Crippen LogP contribution in [0.1, 0.15) is 35.7 Å². The second kappa shape index (κ2) is 5.57. The average molecular weight is 255 g/mol. The van der Waals surface area contributed by atoms with E-state index in [2.05, 4.69) is 46.5 Å². The first kappa shape index (κ1) is 12.4. The molecule has 3 rings (SSSR count). The van der Waals surface area contributed by atoms with Crippen LogP contribution in [0.5, 0.6) is 0 Å². The minimum absolute atomic E-state index is 0.517. The maximum Gasteiger partial charge on any atom is 0.0921 e. The van der Waals surface area contributed by atoms with Gasteiger partial charge in [0, 0.05) is 30.9 Å². The Labute approximate surface area is 114 Å². The molecule has 100 valence electrons. The van der Waals surface area contributed by atoms with Crippen LogP contribution in [0, 0.1) is 12.8 Å². The van der Waals surface area contributed by atoms with Gasteiger partial charge in [-0.25, -0.2) is 4.98 Å². The summed E-state index contributed by atoms with van der Waals surface area (Å²) < 4.78 is 0. The Balaban J connectivity index is 1.60. The first-order valence-corrected chi connectivity index (χ1v) is 7.10. The van der Waals surface area contributed by atoms with E-state index in [1.807, 2.05) is 6.20 Å². The summed E-state index contributed by atoms with van der Waals surface area (Å²) in [4.78, 5) is 7.20. The molecule has 1 atom stereocenters. The molecule has 0 bridgehead atoms. The summed E-state index contributed by atoms with van der Waals surface area (Å²) in [6.07, 6.45) is 7.37. The van der Waals surface area contributed by atoms with Gasteiger partial charge in [-0.1, -0.05) is 29.8 Å². The average Bonchev–Trinajstić information content (AvgIpc) is 3.13. The zero-order valence-electron chi connectivity index (χ0n) is 11.4. The summed E-state index contributed by atoms with van der Waals surface area (Å²) in [5.74, 6) is 0.824. The van der Waals surface area contributed by atoms with Crippen molar-refractivity contribution in [2.24, 2.45) is 5.92 Å². The van der Waals surface area contributed by atoms with Crippen molar-refractivity contribution in [3.63, 3.8) is 0 Å². The number of H-pyrrole nitrogens is 1. The SMILES string of the molecule is Cc1ccc(C(NCCc2cnc[nH]2)C2CC2)cc1. The van der Waals surface area contributed by atoms with Crippen LogP contribution in [-0.2, 0) is 6.42 Å². The van der Waals surface area contributed by atoms with Gasteiger partial charge >= 0.3 is 0 Å². The predicted octanol–water partition coefficient (Wildman–Crippen LogP) is 3.00. The summed E-state index contributed by atoms with van der Waals surface area (Å²) in [5.41, 5.74) is 3.96. The smallest absolute Gasteiger partial charge is 0.0921 e. The van der Waals surface area contributed by atoms with Gasteiger partial charge < -0.3 is 10.3 Å². The van der Waals surface area contributed by atoms with E-state index in [1.54, 1.807) is 6.33 Å². The molecule has 1 heterocycles. The monoisotopic (exact) mass is 255 g/mol. The van der Waals surface area contributed by atoms with E-state index in [0.29, 0.717) is 6.04 Å². The van der Waals surface area contributed by atoms with Crippen LogP contribution in [0.25, 0.3) is 0 Å². The lowest BCUT2D eigenvalue weighted by Gasteiger charge is -2.19. The van der Waals surface area contributed by atoms with Crippen molar-refractivity contribution in [1.29, 1.82) is 0 Å². The molecule has 0 spiro atoms. The van der Waals surface area contributed by atoms with Crippen LogP contribution in [0.2, 0.25) is 0 Å². The maximum absolute atomic E-state index is 4.05. The van der Waals surface area contributed by atoms with Gasteiger partial charge in [-0.2, -0.15) is 0 Å². The highest BCUT2D eigenvalue weighted by Gasteiger charge is 2.31. The molecule has 1 fully saturated rings. The number of rotatable bonds is 6. The van der Waals surface area contributed by atoms with Gasteiger partial charge in [0.15, 0.2) is 0 Å². The number of nitrogens with one attached hydrogen (secondary N) is 2. The Kier molecular flexibility index (Phi) is 3.65. The van der Waals surface area contributed by atoms with Crippen molar-refractivity contribution in [3.8, 4) is 0 Å². The fraction of sp³-hybridized carbons (Fsp3) is 0.438. The van der Waals surface area contributed by atoms with E-state index in [4.69, 9.17) is 0 Å². The van der Waals surface area contributed by atoms with Gasteiger partial charge in [0.2, 0.25) is 0 Å². The first-order chi connectivity index (χ1) is 9.33. The quantitative estimate of drug-likeness (QED) is 0.833. The highest BCUT2D eigenvalue weighted by molar-refractivity contribution is 5.25. The second-order valence-corrected chi connectivity index (χ2v) is 5.51. The molecular weight excluding hydrogens is 234 g/mol. The topological polar surface area (TPSA) is 40.7 Å². The third-order valence-corrected chi connectivity index (χ3v) is 3.84. The molecule has 1 aromatic carbocycles. The Morgan fingerprint density at radius 1 is 1.32 bits per heavy atom. The van der Waals surface area contributed by atoms with E-state index in [0.717, 1.165) is 18.9 Å². The molecule has 0 aliphatic heterocycles. The number of aromatic amines is 1. The van der Waals surface area contributed by atoms with E-state index >= 15 is 0 Å². The minimum atomic E-state index is 0.517. The second-order valence-electron chi connectivity index (χ2n) is 5.51. The van der Waals surface area contributed by atoms with E-state index < -0.39 is 0 Å². The fourth-order valence-corrected chi connectivity index (χ4v) is 2.54. The summed E-state index contributed by atoms with van der Waals surface area (Å²) in [6, 6.07) is 9.47. The van der Waals surface area contributed by atoms with Gasteiger partial charge in [-0.15, -0.1) is 0 Å². The van der Waals surface area contributed by atoms with Crippen LogP contribution >= 0.6 is 0 Å². The van der Waals surface area contributed by atoms with Crippen molar-refractivity contribution in [2.75, 3.05) is 6.54 Å². The predicted molar refractivity (Wildman–Crippen MR) is 76.9 cm³/mol. The van der Waals surface area contributed by atoms with E-state index in [-0.39, 0.29) is 0 Å². The molecule has 1 aliphatic carbocycles. The molecule has 0 saturated heterocycles. The van der Waals surface area contributed by atoms with Gasteiger partial charge in [-0.05, 0) is 31.2 Å². The number of aromatic nitrogens is 2. The lowest BCUT2D eigenvalue weighted by Crippen LogP contribution is -2.25. The van der Waals surface area contributed by atoms with E-state index in [1.165, 1.54) is 29.7 Å². The molecule has 0 radical (unpaired) electrons. The van der Waals surface area contributed by atoms with Crippen LogP contribution < -0.4 is 5.32 Å². The van der Waals surface area contributed by atoms with E-state index in [9.17, 15) is 0 Å². The maximum atomic E-state index is 4.05. The molecule has 1 aliphatic rings. The molecule has 1 unspecified atom stereocenters. The van der Waals surface area contributed by atoms with Crippen LogP contribution in [0.3, 0.4) is 0 Å². The number of imidazole rings is 1. The molecule has 3 heteroatoms. The zero-order chi connectivity index (χ0) is 13.1. The number of benzene rings is 1. The van der Waals surface area contributed by atoms with Crippen molar-refractivity contribution in [2.45, 2.75) is 32.2 Å². The first-order valence-electron chi connectivity index (χ1n) is 7.10. The molecule has 19 heavy (non-hydrogen) atoms. The number of nitrogens with zero attached hydrogens (tertiary/aromatic N) is 1. The zero-order valence-corrected chi connectivity index (χ0v) is 11.4. The van der Waals surface area contributed by atoms with Crippen LogP contribution in [0.4, 0.5) is 0 Å². The molecule has 2 N–H and O–H groups in total. The highest BCUT2D eigenvalue weighted by atomic mass is 14.9. The Bertz CT molecular complexity index is 497. The lowest BCUT2D eigenvalue weighted by molar-refractivity contribution is 0.483. The molecule has 1 aromatic heterocycles. The van der Waals surface area contributed by atoms with Crippen LogP contribution in [-0.4, -0.2) is 16.5 Å². The Hall–Kier alpha value is -1.61. The Morgan fingerprint density at radius 2 is 2.11 bits per heavy atom. The number of hydrogen-bond acceptors (Lipinski definition) is 2. The highest BCUT2D eigenvalue weighted by Crippen LogP contribution is 2.40. The number of hydrogen-bond donors (Lipinski definition) is 2. The third-order valence-electron chi connectivity index (χ3n) is 3.84.